The van der Waals surface area contributed by atoms with Gasteiger partial charge in [0.1, 0.15) is 0 Å². The minimum absolute atomic E-state index is 0.211. The molecule has 0 bridgehead atoms. The summed E-state index contributed by atoms with van der Waals surface area (Å²) in [5.74, 6) is -0.211. The smallest absolute Gasteiger partial charge is 0.302 e. The highest BCUT2D eigenvalue weighted by atomic mass is 32.2. The molecule has 0 aliphatic rings. The van der Waals surface area contributed by atoms with Crippen LogP contribution in [-0.2, 0) is 20.8 Å². The molecule has 0 aliphatic carbocycles. The summed E-state index contributed by atoms with van der Waals surface area (Å²) < 4.78 is 22.0. The van der Waals surface area contributed by atoms with Crippen LogP contribution in [0, 0.1) is 0 Å². The molecule has 0 amide bonds. The van der Waals surface area contributed by atoms with E-state index >= 15 is 0 Å². The van der Waals surface area contributed by atoms with Gasteiger partial charge in [-0.1, -0.05) is 0 Å². The molecule has 10 heavy (non-hydrogen) atoms. The fourth-order valence-corrected chi connectivity index (χ4v) is 0.203. The number of rotatable bonds is 1. The van der Waals surface area contributed by atoms with Crippen LogP contribution in [-0.4, -0.2) is 21.3 Å². The molecule has 0 heterocycles. The summed E-state index contributed by atoms with van der Waals surface area (Å²) >= 11 is -2.36. The molecule has 62 valence electrons. The number of carbonyl (C=O) groups is 1. The molecule has 0 aromatic rings. The van der Waals surface area contributed by atoms with Crippen LogP contribution in [0.5, 0.6) is 0 Å². The van der Waals surface area contributed by atoms with Crippen molar-refractivity contribution in [3.63, 3.8) is 0 Å². The first-order chi connectivity index (χ1) is 4.50. The summed E-state index contributed by atoms with van der Waals surface area (Å²) in [6.45, 7) is 3.65. The van der Waals surface area contributed by atoms with Crippen molar-refractivity contribution < 1.29 is 18.3 Å². The summed E-state index contributed by atoms with van der Waals surface area (Å²) in [6.07, 6.45) is 0. The van der Waals surface area contributed by atoms with Gasteiger partial charge in [0.2, 0.25) is 0 Å². The maximum absolute atomic E-state index is 9.82. The first kappa shape index (κ1) is 12.2. The lowest BCUT2D eigenvalue weighted by Gasteiger charge is -1.89. The second-order valence-electron chi connectivity index (χ2n) is 1.19. The Balaban J connectivity index is 0. The molecular formula is C4H10NO4S-. The van der Waals surface area contributed by atoms with Crippen LogP contribution in [0.4, 0.5) is 0 Å². The molecule has 6 heteroatoms. The summed E-state index contributed by atoms with van der Waals surface area (Å²) in [6, 6.07) is 0. The summed E-state index contributed by atoms with van der Waals surface area (Å²) in [5, 5.41) is 4.03. The van der Waals surface area contributed by atoms with Gasteiger partial charge < -0.3 is 9.29 Å². The summed E-state index contributed by atoms with van der Waals surface area (Å²) in [5.41, 5.74) is 0. The van der Waals surface area contributed by atoms with Crippen molar-refractivity contribution >= 4 is 17.2 Å². The molecule has 0 aliphatic heterocycles. The van der Waals surface area contributed by atoms with Crippen molar-refractivity contribution in [2.75, 3.05) is 6.61 Å². The van der Waals surface area contributed by atoms with Gasteiger partial charge in [0.15, 0.2) is 0 Å². The van der Waals surface area contributed by atoms with E-state index < -0.39 is 11.3 Å². The van der Waals surface area contributed by atoms with Gasteiger partial charge in [-0.15, -0.1) is 0 Å². The Hall–Kier alpha value is -0.460. The van der Waals surface area contributed by atoms with Gasteiger partial charge in [-0.3, -0.25) is 14.1 Å². The first-order valence-corrected chi connectivity index (χ1v) is 3.61. The van der Waals surface area contributed by atoms with Gasteiger partial charge in [-0.25, -0.2) is 0 Å². The topological polar surface area (TPSA) is 92.5 Å². The van der Waals surface area contributed by atoms with Gasteiger partial charge in [-0.2, -0.15) is 0 Å². The fourth-order valence-electron chi connectivity index (χ4n) is 0.203. The number of carbonyl (C=O) groups excluding carboxylic acids is 1. The lowest BCUT2D eigenvalue weighted by molar-refractivity contribution is -0.140. The van der Waals surface area contributed by atoms with Gasteiger partial charge in [0.25, 0.3) is 0 Å². The third-order valence-electron chi connectivity index (χ3n) is 0.348. The van der Waals surface area contributed by atoms with Crippen molar-refractivity contribution in [3.05, 3.63) is 0 Å². The van der Waals surface area contributed by atoms with Gasteiger partial charge in [0, 0.05) is 18.2 Å². The lowest BCUT2D eigenvalue weighted by atomic mass is 10.8. The van der Waals surface area contributed by atoms with E-state index in [0.29, 0.717) is 6.61 Å². The average Bonchev–Trinajstić information content (AvgIpc) is 1.62. The van der Waals surface area contributed by atoms with E-state index in [1.807, 2.05) is 0 Å². The predicted molar refractivity (Wildman–Crippen MR) is 35.4 cm³/mol. The highest BCUT2D eigenvalue weighted by molar-refractivity contribution is 7.76. The number of hydrogen-bond donors (Lipinski definition) is 1. The van der Waals surface area contributed by atoms with Crippen LogP contribution >= 0.6 is 0 Å². The second-order valence-corrected chi connectivity index (χ2v) is 1.71. The maximum Gasteiger partial charge on any atom is 0.302 e. The van der Waals surface area contributed by atoms with Crippen molar-refractivity contribution in [1.29, 1.82) is 0 Å². The molecule has 0 saturated heterocycles. The molecule has 5 nitrogen and oxygen atoms in total. The van der Waals surface area contributed by atoms with E-state index in [0.717, 1.165) is 0 Å². The van der Waals surface area contributed by atoms with Crippen LogP contribution in [0.15, 0.2) is 0 Å². The van der Waals surface area contributed by atoms with E-state index in [-0.39, 0.29) is 5.97 Å². The lowest BCUT2D eigenvalue weighted by Crippen LogP contribution is -1.97. The third-order valence-corrected chi connectivity index (χ3v) is 0.348. The van der Waals surface area contributed by atoms with Gasteiger partial charge in [-0.05, 0) is 6.92 Å². The largest absolute Gasteiger partial charge is 0.760 e. The zero-order valence-corrected chi connectivity index (χ0v) is 6.64. The van der Waals surface area contributed by atoms with Crippen LogP contribution in [0.25, 0.3) is 0 Å². The van der Waals surface area contributed by atoms with Crippen molar-refractivity contribution in [3.8, 4) is 0 Å². The SMILES string of the molecule is CCOC(C)=O.NS(=O)[O-]. The molecule has 0 fully saturated rings. The second kappa shape index (κ2) is 8.54. The quantitative estimate of drug-likeness (QED) is 0.414. The van der Waals surface area contributed by atoms with Crippen LogP contribution in [0.1, 0.15) is 13.8 Å². The third kappa shape index (κ3) is 50.0. The fraction of sp³-hybridized carbons (Fsp3) is 0.750. The molecule has 0 radical (unpaired) electrons. The molecule has 0 spiro atoms. The Bertz CT molecular complexity index is 112. The Labute approximate surface area is 62.0 Å². The minimum Gasteiger partial charge on any atom is -0.760 e. The molecule has 0 aromatic carbocycles. The van der Waals surface area contributed by atoms with E-state index in [4.69, 9.17) is 8.76 Å². The van der Waals surface area contributed by atoms with E-state index in [1.54, 1.807) is 6.92 Å². The number of hydrogen-bond acceptors (Lipinski definition) is 4. The molecule has 1 unspecified atom stereocenters. The maximum atomic E-state index is 9.82. The zero-order valence-electron chi connectivity index (χ0n) is 5.83. The number of esters is 1. The Kier molecular flexibility index (Phi) is 10.5. The summed E-state index contributed by atoms with van der Waals surface area (Å²) in [4.78, 5) is 9.82. The highest BCUT2D eigenvalue weighted by Gasteiger charge is 1.81. The Morgan fingerprint density at radius 1 is 1.80 bits per heavy atom. The minimum atomic E-state index is -2.36. The monoisotopic (exact) mass is 168 g/mol. The predicted octanol–water partition coefficient (Wildman–Crippen LogP) is -0.691. The molecule has 1 atom stereocenters. The Morgan fingerprint density at radius 3 is 2.10 bits per heavy atom. The molecule has 0 rings (SSSR count). The van der Waals surface area contributed by atoms with Crippen molar-refractivity contribution in [1.82, 2.24) is 0 Å². The molecule has 0 aromatic heterocycles. The van der Waals surface area contributed by atoms with E-state index in [2.05, 4.69) is 9.88 Å². The number of ether oxygens (including phenoxy) is 1. The number of nitrogens with two attached hydrogens (primary N) is 1. The van der Waals surface area contributed by atoms with Crippen molar-refractivity contribution in [2.24, 2.45) is 5.14 Å². The van der Waals surface area contributed by atoms with Crippen LogP contribution in [0.3, 0.4) is 0 Å². The van der Waals surface area contributed by atoms with Crippen LogP contribution in [0.2, 0.25) is 0 Å². The molecular weight excluding hydrogens is 158 g/mol. The normalized spacial score (nSPS) is 10.8. The first-order valence-electron chi connectivity index (χ1n) is 2.47. The molecule has 2 N–H and O–H groups in total. The summed E-state index contributed by atoms with van der Waals surface area (Å²) in [7, 11) is 0. The standard InChI is InChI=1S/C4H8O2.H3NO2S/c1-3-6-4(2)5;1-4(2)3/h3H2,1-2H3;1H2,(H,2,3)/p-1. The van der Waals surface area contributed by atoms with Crippen LogP contribution < -0.4 is 5.14 Å². The average molecular weight is 168 g/mol. The Morgan fingerprint density at radius 2 is 2.10 bits per heavy atom. The zero-order chi connectivity index (χ0) is 8.57. The van der Waals surface area contributed by atoms with E-state index in [1.165, 1.54) is 6.92 Å². The van der Waals surface area contributed by atoms with Crippen molar-refractivity contribution in [2.45, 2.75) is 13.8 Å². The highest BCUT2D eigenvalue weighted by Crippen LogP contribution is 1.69. The van der Waals surface area contributed by atoms with E-state index in [9.17, 15) is 4.79 Å². The van der Waals surface area contributed by atoms with Gasteiger partial charge >= 0.3 is 5.97 Å². The molecule has 0 saturated carbocycles. The van der Waals surface area contributed by atoms with Gasteiger partial charge in [0.05, 0.1) is 6.61 Å².